The number of fused-ring (bicyclic) bond motifs is 2. The Morgan fingerprint density at radius 2 is 2.17 bits per heavy atom. The molecule has 3 rings (SSSR count). The molecule has 0 bridgehead atoms. The molecule has 2 aliphatic heterocycles. The Morgan fingerprint density at radius 1 is 1.38 bits per heavy atom. The first-order valence-electron chi connectivity index (χ1n) is 10.6. The van der Waals surface area contributed by atoms with E-state index in [-0.39, 0.29) is 25.2 Å². The molecule has 0 unspecified atom stereocenters. The summed E-state index contributed by atoms with van der Waals surface area (Å²) in [6, 6.07) is 5.52. The minimum absolute atomic E-state index is 0.148. The van der Waals surface area contributed by atoms with E-state index < -0.39 is 11.8 Å². The molecule has 2 N–H and O–H groups in total. The molecule has 1 aromatic carbocycles. The molecular formula is C23H33NO5. The topological polar surface area (TPSA) is 79.2 Å². The number of β-amino-alcohol motifs (C(OH)–C–C–N with tert-alkyl or cyclic N) is 1. The molecule has 2 heterocycles. The van der Waals surface area contributed by atoms with Gasteiger partial charge in [0.2, 0.25) is 0 Å². The van der Waals surface area contributed by atoms with Crippen molar-refractivity contribution in [2.45, 2.75) is 70.8 Å². The second-order valence-corrected chi connectivity index (χ2v) is 8.16. The number of nitrogens with zero attached hydrogens (tertiary/aromatic N) is 1. The van der Waals surface area contributed by atoms with Gasteiger partial charge < -0.3 is 24.6 Å². The molecule has 160 valence electrons. The highest BCUT2D eigenvalue weighted by molar-refractivity contribution is 6.02. The van der Waals surface area contributed by atoms with Gasteiger partial charge in [0.15, 0.2) is 5.72 Å². The largest absolute Gasteiger partial charge is 0.489 e. The first-order valence-corrected chi connectivity index (χ1v) is 10.6. The average Bonchev–Trinajstić information content (AvgIpc) is 3.12. The van der Waals surface area contributed by atoms with Crippen molar-refractivity contribution in [3.8, 4) is 5.75 Å². The van der Waals surface area contributed by atoms with Crippen molar-refractivity contribution in [2.75, 3.05) is 19.8 Å². The second-order valence-electron chi connectivity index (χ2n) is 8.16. The molecule has 29 heavy (non-hydrogen) atoms. The third kappa shape index (κ3) is 4.20. The number of benzene rings is 1. The molecule has 1 fully saturated rings. The lowest BCUT2D eigenvalue weighted by atomic mass is 9.96. The van der Waals surface area contributed by atoms with E-state index in [1.165, 1.54) is 0 Å². The lowest BCUT2D eigenvalue weighted by Gasteiger charge is -2.35. The smallest absolute Gasteiger partial charge is 0.260 e. The lowest BCUT2D eigenvalue weighted by Crippen LogP contribution is -2.45. The van der Waals surface area contributed by atoms with E-state index in [2.05, 4.69) is 6.92 Å². The van der Waals surface area contributed by atoms with Crippen LogP contribution in [0, 0.1) is 0 Å². The molecular weight excluding hydrogens is 370 g/mol. The maximum Gasteiger partial charge on any atom is 0.260 e. The van der Waals surface area contributed by atoms with E-state index in [9.17, 15) is 15.0 Å². The summed E-state index contributed by atoms with van der Waals surface area (Å²) in [6.07, 6.45) is 5.19. The monoisotopic (exact) mass is 403 g/mol. The van der Waals surface area contributed by atoms with Crippen molar-refractivity contribution >= 4 is 5.91 Å². The van der Waals surface area contributed by atoms with E-state index in [1.807, 2.05) is 32.1 Å². The van der Waals surface area contributed by atoms with E-state index in [4.69, 9.17) is 9.47 Å². The maximum absolute atomic E-state index is 13.3. The molecule has 6 nitrogen and oxygen atoms in total. The van der Waals surface area contributed by atoms with Gasteiger partial charge in [-0.2, -0.15) is 0 Å². The minimum atomic E-state index is -1.04. The number of hydrogen-bond acceptors (Lipinski definition) is 5. The maximum atomic E-state index is 13.3. The van der Waals surface area contributed by atoms with Crippen LogP contribution in [-0.4, -0.2) is 53.0 Å². The van der Waals surface area contributed by atoms with Gasteiger partial charge in [-0.05, 0) is 32.4 Å². The van der Waals surface area contributed by atoms with Gasteiger partial charge in [-0.15, -0.1) is 0 Å². The molecule has 2 aliphatic rings. The first kappa shape index (κ1) is 21.8. The Balaban J connectivity index is 1.94. The SMILES string of the molecule is CCCCC[C@@H]1O[C@]2(C[C@@H]1O)c1cccc(OCC=C(C)C)c1C(=O)N2CCO. The fourth-order valence-corrected chi connectivity index (χ4v) is 4.31. The van der Waals surface area contributed by atoms with Crippen LogP contribution in [0.2, 0.25) is 0 Å². The van der Waals surface area contributed by atoms with Gasteiger partial charge in [0.25, 0.3) is 5.91 Å². The predicted molar refractivity (Wildman–Crippen MR) is 111 cm³/mol. The zero-order valence-corrected chi connectivity index (χ0v) is 17.7. The summed E-state index contributed by atoms with van der Waals surface area (Å²) < 4.78 is 12.3. The molecule has 0 aliphatic carbocycles. The number of unbranched alkanes of at least 4 members (excludes halogenated alkanes) is 2. The van der Waals surface area contributed by atoms with Gasteiger partial charge in [0.1, 0.15) is 12.4 Å². The van der Waals surface area contributed by atoms with Gasteiger partial charge in [-0.25, -0.2) is 0 Å². The zero-order valence-electron chi connectivity index (χ0n) is 17.7. The summed E-state index contributed by atoms with van der Waals surface area (Å²) in [5.74, 6) is 0.292. The summed E-state index contributed by atoms with van der Waals surface area (Å²) in [5, 5.41) is 20.3. The normalized spacial score (nSPS) is 25.6. The molecule has 1 saturated heterocycles. The van der Waals surface area contributed by atoms with E-state index >= 15 is 0 Å². The minimum Gasteiger partial charge on any atom is -0.489 e. The van der Waals surface area contributed by atoms with Crippen molar-refractivity contribution in [1.82, 2.24) is 4.90 Å². The predicted octanol–water partition coefficient (Wildman–Crippen LogP) is 3.36. The highest BCUT2D eigenvalue weighted by Gasteiger charge is 2.58. The van der Waals surface area contributed by atoms with E-state index in [0.29, 0.717) is 24.3 Å². The molecule has 3 atom stereocenters. The van der Waals surface area contributed by atoms with Crippen LogP contribution in [0.25, 0.3) is 0 Å². The van der Waals surface area contributed by atoms with Crippen LogP contribution in [0.5, 0.6) is 5.75 Å². The van der Waals surface area contributed by atoms with E-state index in [0.717, 1.165) is 36.8 Å². The Kier molecular flexibility index (Phi) is 6.98. The van der Waals surface area contributed by atoms with E-state index in [1.54, 1.807) is 11.0 Å². The third-order valence-electron chi connectivity index (χ3n) is 5.75. The van der Waals surface area contributed by atoms with Crippen LogP contribution >= 0.6 is 0 Å². The van der Waals surface area contributed by atoms with Crippen molar-refractivity contribution in [2.24, 2.45) is 0 Å². The standard InChI is InChI=1S/C23H33NO5/c1-4-5-6-9-19-18(26)15-23(29-19)17-8-7-10-20(28-14-11-16(2)3)21(17)22(27)24(23)12-13-25/h7-8,10-11,18-19,25-26H,4-6,9,12-15H2,1-3H3/t18-,19-,23+/m0/s1. The highest BCUT2D eigenvalue weighted by Crippen LogP contribution is 2.51. The Hall–Kier alpha value is -1.89. The Labute approximate surface area is 173 Å². The van der Waals surface area contributed by atoms with Gasteiger partial charge in [-0.1, -0.05) is 43.9 Å². The van der Waals surface area contributed by atoms with Crippen molar-refractivity contribution < 1.29 is 24.5 Å². The van der Waals surface area contributed by atoms with Crippen LogP contribution < -0.4 is 4.74 Å². The molecule has 0 saturated carbocycles. The molecule has 6 heteroatoms. The number of hydrogen-bond donors (Lipinski definition) is 2. The molecule has 0 radical (unpaired) electrons. The number of allylic oxidation sites excluding steroid dienone is 1. The van der Waals surface area contributed by atoms with Crippen molar-refractivity contribution in [1.29, 1.82) is 0 Å². The summed E-state index contributed by atoms with van der Waals surface area (Å²) in [7, 11) is 0. The number of aliphatic hydroxyl groups excluding tert-OH is 2. The molecule has 1 aromatic rings. The zero-order chi connectivity index (χ0) is 21.0. The number of rotatable bonds is 9. The van der Waals surface area contributed by atoms with Crippen LogP contribution in [0.3, 0.4) is 0 Å². The number of ether oxygens (including phenoxy) is 2. The summed E-state index contributed by atoms with van der Waals surface area (Å²) in [5.41, 5.74) is 1.30. The van der Waals surface area contributed by atoms with Crippen LogP contribution in [0.1, 0.15) is 68.8 Å². The van der Waals surface area contributed by atoms with Crippen LogP contribution in [0.4, 0.5) is 0 Å². The number of carbonyl (C=O) groups excluding carboxylic acids is 1. The fraction of sp³-hybridized carbons (Fsp3) is 0.609. The number of aliphatic hydroxyl groups is 2. The van der Waals surface area contributed by atoms with Gasteiger partial charge in [-0.3, -0.25) is 4.79 Å². The third-order valence-corrected chi connectivity index (χ3v) is 5.75. The lowest BCUT2D eigenvalue weighted by molar-refractivity contribution is -0.135. The number of amides is 1. The van der Waals surface area contributed by atoms with Crippen LogP contribution in [-0.2, 0) is 10.5 Å². The molecule has 1 amide bonds. The highest BCUT2D eigenvalue weighted by atomic mass is 16.6. The second kappa shape index (κ2) is 9.28. The first-order chi connectivity index (χ1) is 13.9. The average molecular weight is 404 g/mol. The van der Waals surface area contributed by atoms with Crippen LogP contribution in [0.15, 0.2) is 29.8 Å². The Bertz CT molecular complexity index is 758. The van der Waals surface area contributed by atoms with Gasteiger partial charge in [0, 0.05) is 18.5 Å². The van der Waals surface area contributed by atoms with Crippen molar-refractivity contribution in [3.05, 3.63) is 41.0 Å². The fourth-order valence-electron chi connectivity index (χ4n) is 4.31. The Morgan fingerprint density at radius 3 is 2.86 bits per heavy atom. The van der Waals surface area contributed by atoms with Gasteiger partial charge in [0.05, 0.1) is 24.4 Å². The summed E-state index contributed by atoms with van der Waals surface area (Å²) in [6.45, 7) is 6.48. The quantitative estimate of drug-likeness (QED) is 0.488. The summed E-state index contributed by atoms with van der Waals surface area (Å²) >= 11 is 0. The van der Waals surface area contributed by atoms with Gasteiger partial charge >= 0.3 is 0 Å². The number of carbonyl (C=O) groups is 1. The summed E-state index contributed by atoms with van der Waals surface area (Å²) in [4.78, 5) is 14.9. The van der Waals surface area contributed by atoms with Crippen molar-refractivity contribution in [3.63, 3.8) is 0 Å². The molecule has 1 spiro atoms. The molecule has 0 aromatic heterocycles.